The van der Waals surface area contributed by atoms with Crippen molar-refractivity contribution in [1.82, 2.24) is 0 Å². The van der Waals surface area contributed by atoms with Crippen molar-refractivity contribution in [3.63, 3.8) is 0 Å². The summed E-state index contributed by atoms with van der Waals surface area (Å²) in [4.78, 5) is 0. The van der Waals surface area contributed by atoms with Crippen LogP contribution in [0.25, 0.3) is 10.8 Å². The summed E-state index contributed by atoms with van der Waals surface area (Å²) in [5.74, 6) is 0.510. The molecule has 0 saturated carbocycles. The summed E-state index contributed by atoms with van der Waals surface area (Å²) >= 11 is 0. The number of benzene rings is 2. The van der Waals surface area contributed by atoms with Crippen LogP contribution in [0, 0.1) is 0 Å². The number of aliphatic hydroxyl groups is 1. The van der Waals surface area contributed by atoms with Crippen molar-refractivity contribution in [2.45, 2.75) is 19.2 Å². The minimum atomic E-state index is -4.68. The zero-order valence-electron chi connectivity index (χ0n) is 10.2. The molecule has 0 radical (unpaired) electrons. The van der Waals surface area contributed by atoms with E-state index in [9.17, 15) is 18.3 Å². The third-order valence-electron chi connectivity index (χ3n) is 2.82. The Morgan fingerprint density at radius 1 is 1.11 bits per heavy atom. The first kappa shape index (κ1) is 13.7. The fourth-order valence-corrected chi connectivity index (χ4v) is 2.00. The number of alkyl halides is 3. The molecule has 2 rings (SSSR count). The zero-order valence-corrected chi connectivity index (χ0v) is 10.2. The van der Waals surface area contributed by atoms with Gasteiger partial charge in [0.1, 0.15) is 5.75 Å². The normalized spacial score (nSPS) is 13.5. The fraction of sp³-hybridized carbons (Fsp3) is 0.286. The summed E-state index contributed by atoms with van der Waals surface area (Å²) < 4.78 is 43.3. The van der Waals surface area contributed by atoms with E-state index in [-0.39, 0.29) is 5.56 Å². The lowest BCUT2D eigenvalue weighted by Crippen LogP contribution is -2.20. The highest BCUT2D eigenvalue weighted by Crippen LogP contribution is 2.37. The molecular weight excluding hydrogens is 257 g/mol. The van der Waals surface area contributed by atoms with Gasteiger partial charge in [-0.15, -0.1) is 0 Å². The highest BCUT2D eigenvalue weighted by atomic mass is 19.4. The third-order valence-corrected chi connectivity index (χ3v) is 2.82. The predicted molar refractivity (Wildman–Crippen MR) is 66.1 cm³/mol. The molecule has 0 saturated heterocycles. The molecule has 0 aromatic heterocycles. The molecule has 0 heterocycles. The Hall–Kier alpha value is -1.75. The van der Waals surface area contributed by atoms with Gasteiger partial charge in [0.05, 0.1) is 6.61 Å². The molecule has 19 heavy (non-hydrogen) atoms. The second-order valence-corrected chi connectivity index (χ2v) is 4.08. The quantitative estimate of drug-likeness (QED) is 0.918. The van der Waals surface area contributed by atoms with Crippen LogP contribution in [-0.4, -0.2) is 17.9 Å². The minimum Gasteiger partial charge on any atom is -0.493 e. The maximum absolute atomic E-state index is 12.6. The topological polar surface area (TPSA) is 29.5 Å². The van der Waals surface area contributed by atoms with Gasteiger partial charge in [-0.2, -0.15) is 13.2 Å². The molecule has 0 aliphatic rings. The summed E-state index contributed by atoms with van der Waals surface area (Å²) in [5.41, 5.74) is -0.161. The number of hydrogen-bond donors (Lipinski definition) is 1. The molecular formula is C14H13F3O2. The lowest BCUT2D eigenvalue weighted by atomic mass is 9.99. The summed E-state index contributed by atoms with van der Waals surface area (Å²) in [6, 6.07) is 9.27. The molecule has 1 atom stereocenters. The van der Waals surface area contributed by atoms with E-state index in [2.05, 4.69) is 0 Å². The van der Waals surface area contributed by atoms with Gasteiger partial charge in [-0.05, 0) is 23.9 Å². The smallest absolute Gasteiger partial charge is 0.418 e. The van der Waals surface area contributed by atoms with Crippen LogP contribution in [0.2, 0.25) is 0 Å². The predicted octanol–water partition coefficient (Wildman–Crippen LogP) is 3.83. The van der Waals surface area contributed by atoms with Crippen molar-refractivity contribution in [3.05, 3.63) is 42.0 Å². The third kappa shape index (κ3) is 2.66. The number of rotatable bonds is 3. The van der Waals surface area contributed by atoms with Gasteiger partial charge < -0.3 is 9.84 Å². The van der Waals surface area contributed by atoms with E-state index in [1.54, 1.807) is 31.2 Å². The SMILES string of the molecule is CCOc1cccc2c(C(O)C(F)(F)F)cccc12. The average Bonchev–Trinajstić information content (AvgIpc) is 2.37. The number of hydrogen-bond acceptors (Lipinski definition) is 2. The monoisotopic (exact) mass is 270 g/mol. The Morgan fingerprint density at radius 2 is 1.74 bits per heavy atom. The number of fused-ring (bicyclic) bond motifs is 1. The number of ether oxygens (including phenoxy) is 1. The first-order valence-electron chi connectivity index (χ1n) is 5.84. The molecule has 0 fully saturated rings. The van der Waals surface area contributed by atoms with E-state index in [4.69, 9.17) is 4.74 Å². The summed E-state index contributed by atoms with van der Waals surface area (Å²) in [6.07, 6.45) is -7.18. The lowest BCUT2D eigenvalue weighted by Gasteiger charge is -2.17. The van der Waals surface area contributed by atoms with Gasteiger partial charge in [0.25, 0.3) is 0 Å². The largest absolute Gasteiger partial charge is 0.493 e. The summed E-state index contributed by atoms with van der Waals surface area (Å²) in [7, 11) is 0. The molecule has 0 aliphatic carbocycles. The van der Waals surface area contributed by atoms with Crippen LogP contribution >= 0.6 is 0 Å². The maximum atomic E-state index is 12.6. The Labute approximate surface area is 108 Å². The molecule has 1 N–H and O–H groups in total. The standard InChI is InChI=1S/C14H13F3O2/c1-2-19-12-8-4-5-9-10(12)6-3-7-11(9)13(18)14(15,16)17/h3-8,13,18H,2H2,1H3. The lowest BCUT2D eigenvalue weighted by molar-refractivity contribution is -0.206. The van der Waals surface area contributed by atoms with E-state index < -0.39 is 12.3 Å². The van der Waals surface area contributed by atoms with E-state index in [1.807, 2.05) is 0 Å². The molecule has 2 aromatic carbocycles. The maximum Gasteiger partial charge on any atom is 0.418 e. The van der Waals surface area contributed by atoms with E-state index in [0.29, 0.717) is 23.1 Å². The molecule has 0 spiro atoms. The van der Waals surface area contributed by atoms with Crippen LogP contribution < -0.4 is 4.74 Å². The molecule has 5 heteroatoms. The van der Waals surface area contributed by atoms with E-state index in [0.717, 1.165) is 0 Å². The van der Waals surface area contributed by atoms with E-state index in [1.165, 1.54) is 12.1 Å². The van der Waals surface area contributed by atoms with Gasteiger partial charge in [-0.25, -0.2) is 0 Å². The highest BCUT2D eigenvalue weighted by Gasteiger charge is 2.40. The zero-order chi connectivity index (χ0) is 14.0. The van der Waals surface area contributed by atoms with Gasteiger partial charge in [0.15, 0.2) is 6.10 Å². The molecule has 0 aliphatic heterocycles. The summed E-state index contributed by atoms with van der Waals surface area (Å²) in [5, 5.41) is 10.3. The van der Waals surface area contributed by atoms with E-state index >= 15 is 0 Å². The highest BCUT2D eigenvalue weighted by molar-refractivity contribution is 5.91. The molecule has 1 unspecified atom stereocenters. The second kappa shape index (κ2) is 5.09. The van der Waals surface area contributed by atoms with Crippen molar-refractivity contribution in [1.29, 1.82) is 0 Å². The van der Waals surface area contributed by atoms with Crippen LogP contribution in [0.3, 0.4) is 0 Å². The van der Waals surface area contributed by atoms with Crippen LogP contribution in [0.15, 0.2) is 36.4 Å². The minimum absolute atomic E-state index is 0.161. The number of aliphatic hydroxyl groups excluding tert-OH is 1. The average molecular weight is 270 g/mol. The number of halogens is 3. The van der Waals surface area contributed by atoms with Gasteiger partial charge in [-0.3, -0.25) is 0 Å². The van der Waals surface area contributed by atoms with Crippen molar-refractivity contribution < 1.29 is 23.0 Å². The van der Waals surface area contributed by atoms with Crippen molar-refractivity contribution >= 4 is 10.8 Å². The molecule has 2 aromatic rings. The van der Waals surface area contributed by atoms with Crippen LogP contribution in [0.4, 0.5) is 13.2 Å². The van der Waals surface area contributed by atoms with Gasteiger partial charge in [0.2, 0.25) is 0 Å². The fourth-order valence-electron chi connectivity index (χ4n) is 2.00. The van der Waals surface area contributed by atoms with Crippen LogP contribution in [-0.2, 0) is 0 Å². The van der Waals surface area contributed by atoms with Crippen LogP contribution in [0.5, 0.6) is 5.75 Å². The Bertz CT molecular complexity index is 578. The van der Waals surface area contributed by atoms with Crippen LogP contribution in [0.1, 0.15) is 18.6 Å². The van der Waals surface area contributed by atoms with Gasteiger partial charge >= 0.3 is 6.18 Å². The molecule has 0 bridgehead atoms. The van der Waals surface area contributed by atoms with Gasteiger partial charge in [-0.1, -0.05) is 30.3 Å². The molecule has 0 amide bonds. The van der Waals surface area contributed by atoms with Crippen molar-refractivity contribution in [2.75, 3.05) is 6.61 Å². The Kier molecular flexibility index (Phi) is 3.66. The first-order valence-corrected chi connectivity index (χ1v) is 5.84. The van der Waals surface area contributed by atoms with Crippen molar-refractivity contribution in [2.24, 2.45) is 0 Å². The molecule has 2 nitrogen and oxygen atoms in total. The summed E-state index contributed by atoms with van der Waals surface area (Å²) in [6.45, 7) is 2.22. The second-order valence-electron chi connectivity index (χ2n) is 4.08. The Balaban J connectivity index is 2.61. The van der Waals surface area contributed by atoms with Gasteiger partial charge in [0, 0.05) is 5.39 Å². The first-order chi connectivity index (χ1) is 8.95. The van der Waals surface area contributed by atoms with Crippen molar-refractivity contribution in [3.8, 4) is 5.75 Å². The molecule has 102 valence electrons. The Morgan fingerprint density at radius 3 is 2.37 bits per heavy atom.